The fourth-order valence-corrected chi connectivity index (χ4v) is 1.75. The third-order valence-electron chi connectivity index (χ3n) is 2.56. The lowest BCUT2D eigenvalue weighted by molar-refractivity contribution is -0.117. The van der Waals surface area contributed by atoms with Crippen LogP contribution < -0.4 is 10.2 Å². The molecule has 0 spiro atoms. The standard InChI is InChI=1S/C12H12N2O3/c1-2-10(15)8-5-3-4-6-9(8)14-7-11(16)13-12(14)17/h2-6,10,15H,1,7H2,(H,13,16,17). The molecular weight excluding hydrogens is 220 g/mol. The lowest BCUT2D eigenvalue weighted by Crippen LogP contribution is -2.28. The number of aliphatic hydroxyl groups is 1. The van der Waals surface area contributed by atoms with Gasteiger partial charge in [-0.25, -0.2) is 4.79 Å². The second-order valence-corrected chi connectivity index (χ2v) is 3.68. The monoisotopic (exact) mass is 232 g/mol. The fourth-order valence-electron chi connectivity index (χ4n) is 1.75. The van der Waals surface area contributed by atoms with Crippen LogP contribution in [0.25, 0.3) is 0 Å². The molecule has 2 N–H and O–H groups in total. The summed E-state index contributed by atoms with van der Waals surface area (Å²) in [5, 5.41) is 12.0. The molecule has 0 saturated carbocycles. The third-order valence-corrected chi connectivity index (χ3v) is 2.56. The van der Waals surface area contributed by atoms with Crippen LogP contribution in [-0.4, -0.2) is 23.6 Å². The molecule has 0 bridgehead atoms. The summed E-state index contributed by atoms with van der Waals surface area (Å²) >= 11 is 0. The molecule has 5 heteroatoms. The highest BCUT2D eigenvalue weighted by molar-refractivity contribution is 6.12. The maximum Gasteiger partial charge on any atom is 0.329 e. The van der Waals surface area contributed by atoms with Crippen molar-refractivity contribution >= 4 is 17.6 Å². The number of rotatable bonds is 3. The highest BCUT2D eigenvalue weighted by Crippen LogP contribution is 2.27. The molecule has 0 aliphatic carbocycles. The number of anilines is 1. The molecule has 1 aromatic carbocycles. The molecule has 0 radical (unpaired) electrons. The normalized spacial score (nSPS) is 16.9. The Labute approximate surface area is 98.4 Å². The largest absolute Gasteiger partial charge is 0.384 e. The van der Waals surface area contributed by atoms with E-state index in [0.717, 1.165) is 0 Å². The van der Waals surface area contributed by atoms with Gasteiger partial charge in [-0.1, -0.05) is 24.3 Å². The van der Waals surface area contributed by atoms with E-state index in [9.17, 15) is 14.7 Å². The molecule has 88 valence electrons. The number of nitrogens with one attached hydrogen (secondary N) is 1. The van der Waals surface area contributed by atoms with Crippen molar-refractivity contribution in [3.8, 4) is 0 Å². The van der Waals surface area contributed by atoms with Crippen molar-refractivity contribution in [3.63, 3.8) is 0 Å². The van der Waals surface area contributed by atoms with Gasteiger partial charge in [0.2, 0.25) is 5.91 Å². The van der Waals surface area contributed by atoms with Gasteiger partial charge in [0.1, 0.15) is 6.54 Å². The van der Waals surface area contributed by atoms with E-state index in [1.54, 1.807) is 24.3 Å². The van der Waals surface area contributed by atoms with Crippen molar-refractivity contribution in [2.45, 2.75) is 6.10 Å². The molecule has 1 aliphatic rings. The Balaban J connectivity index is 2.41. The first-order valence-corrected chi connectivity index (χ1v) is 5.14. The number of para-hydroxylation sites is 1. The molecule has 5 nitrogen and oxygen atoms in total. The molecule has 1 atom stereocenters. The van der Waals surface area contributed by atoms with Crippen molar-refractivity contribution in [3.05, 3.63) is 42.5 Å². The first-order valence-electron chi connectivity index (χ1n) is 5.14. The van der Waals surface area contributed by atoms with Crippen LogP contribution in [0.2, 0.25) is 0 Å². The van der Waals surface area contributed by atoms with Crippen LogP contribution in [0.1, 0.15) is 11.7 Å². The van der Waals surface area contributed by atoms with Crippen LogP contribution in [0, 0.1) is 0 Å². The molecule has 0 aromatic heterocycles. The van der Waals surface area contributed by atoms with Gasteiger partial charge >= 0.3 is 6.03 Å². The highest BCUT2D eigenvalue weighted by atomic mass is 16.3. The number of hydrogen-bond acceptors (Lipinski definition) is 3. The molecule has 3 amide bonds. The summed E-state index contributed by atoms with van der Waals surface area (Å²) in [5.74, 6) is -0.349. The maximum atomic E-state index is 11.5. The van der Waals surface area contributed by atoms with Crippen LogP contribution >= 0.6 is 0 Å². The Bertz CT molecular complexity index is 484. The van der Waals surface area contributed by atoms with Gasteiger partial charge in [0, 0.05) is 5.56 Å². The summed E-state index contributed by atoms with van der Waals surface area (Å²) in [7, 11) is 0. The number of benzene rings is 1. The molecule has 1 aromatic rings. The van der Waals surface area contributed by atoms with E-state index >= 15 is 0 Å². The first kappa shape index (κ1) is 11.3. The van der Waals surface area contributed by atoms with Gasteiger partial charge in [-0.2, -0.15) is 0 Å². The van der Waals surface area contributed by atoms with Gasteiger partial charge < -0.3 is 5.11 Å². The zero-order chi connectivity index (χ0) is 12.4. The van der Waals surface area contributed by atoms with E-state index in [2.05, 4.69) is 11.9 Å². The van der Waals surface area contributed by atoms with Gasteiger partial charge in [-0.3, -0.25) is 15.0 Å². The molecule has 17 heavy (non-hydrogen) atoms. The smallest absolute Gasteiger partial charge is 0.329 e. The van der Waals surface area contributed by atoms with E-state index in [1.165, 1.54) is 11.0 Å². The minimum atomic E-state index is -0.866. The van der Waals surface area contributed by atoms with Crippen molar-refractivity contribution in [1.29, 1.82) is 0 Å². The Hall–Kier alpha value is -2.14. The Kier molecular flexibility index (Phi) is 2.93. The fraction of sp³-hybridized carbons (Fsp3) is 0.167. The summed E-state index contributed by atoms with van der Waals surface area (Å²) < 4.78 is 0. The van der Waals surface area contributed by atoms with Gasteiger partial charge in [0.15, 0.2) is 0 Å². The summed E-state index contributed by atoms with van der Waals surface area (Å²) in [6.45, 7) is 3.47. The van der Waals surface area contributed by atoms with Gasteiger partial charge in [0.25, 0.3) is 0 Å². The lowest BCUT2D eigenvalue weighted by Gasteiger charge is -2.19. The molecule has 1 fully saturated rings. The number of amides is 3. The predicted molar refractivity (Wildman–Crippen MR) is 62.5 cm³/mol. The van der Waals surface area contributed by atoms with Gasteiger partial charge in [-0.05, 0) is 6.07 Å². The minimum absolute atomic E-state index is 0.0281. The molecule has 1 saturated heterocycles. The number of hydrogen-bond donors (Lipinski definition) is 2. The molecular formula is C12H12N2O3. The third kappa shape index (κ3) is 2.05. The average Bonchev–Trinajstić information content (AvgIpc) is 2.67. The second kappa shape index (κ2) is 4.39. The Morgan fingerprint density at radius 2 is 2.12 bits per heavy atom. The molecule has 2 rings (SSSR count). The van der Waals surface area contributed by atoms with Crippen LogP contribution in [0.15, 0.2) is 36.9 Å². The summed E-state index contributed by atoms with van der Waals surface area (Å²) in [4.78, 5) is 24.0. The predicted octanol–water partition coefficient (Wildman–Crippen LogP) is 0.962. The van der Waals surface area contributed by atoms with Crippen molar-refractivity contribution in [2.24, 2.45) is 0 Å². The van der Waals surface area contributed by atoms with Crippen LogP contribution in [0.5, 0.6) is 0 Å². The molecule has 1 heterocycles. The minimum Gasteiger partial charge on any atom is -0.384 e. The topological polar surface area (TPSA) is 69.6 Å². The highest BCUT2D eigenvalue weighted by Gasteiger charge is 2.29. The van der Waals surface area contributed by atoms with Gasteiger partial charge in [-0.15, -0.1) is 6.58 Å². The second-order valence-electron chi connectivity index (χ2n) is 3.68. The van der Waals surface area contributed by atoms with E-state index in [0.29, 0.717) is 11.3 Å². The Morgan fingerprint density at radius 1 is 1.41 bits per heavy atom. The van der Waals surface area contributed by atoms with E-state index in [1.807, 2.05) is 0 Å². The van der Waals surface area contributed by atoms with E-state index in [4.69, 9.17) is 0 Å². The quantitative estimate of drug-likeness (QED) is 0.602. The summed E-state index contributed by atoms with van der Waals surface area (Å²) in [5.41, 5.74) is 1.07. The zero-order valence-corrected chi connectivity index (χ0v) is 9.09. The van der Waals surface area contributed by atoms with Crippen molar-refractivity contribution in [2.75, 3.05) is 11.4 Å². The SMILES string of the molecule is C=CC(O)c1ccccc1N1CC(=O)NC1=O. The van der Waals surface area contributed by atoms with Crippen molar-refractivity contribution in [1.82, 2.24) is 5.32 Å². The summed E-state index contributed by atoms with van der Waals surface area (Å²) in [6, 6.07) is 6.39. The van der Waals surface area contributed by atoms with Crippen molar-refractivity contribution < 1.29 is 14.7 Å². The molecule has 1 aliphatic heterocycles. The van der Waals surface area contributed by atoms with Gasteiger partial charge in [0.05, 0.1) is 11.8 Å². The van der Waals surface area contributed by atoms with E-state index in [-0.39, 0.29) is 12.5 Å². The Morgan fingerprint density at radius 3 is 2.71 bits per heavy atom. The number of nitrogens with zero attached hydrogens (tertiary/aromatic N) is 1. The summed E-state index contributed by atoms with van der Waals surface area (Å²) in [6.07, 6.45) is 0.504. The molecule has 1 unspecified atom stereocenters. The lowest BCUT2D eigenvalue weighted by atomic mass is 10.1. The number of carbonyl (C=O) groups is 2. The average molecular weight is 232 g/mol. The number of urea groups is 1. The first-order chi connectivity index (χ1) is 8.13. The number of aliphatic hydroxyl groups excluding tert-OH is 1. The number of imide groups is 1. The van der Waals surface area contributed by atoms with E-state index < -0.39 is 12.1 Å². The van der Waals surface area contributed by atoms with Crippen LogP contribution in [0.3, 0.4) is 0 Å². The van der Waals surface area contributed by atoms with Crippen LogP contribution in [0.4, 0.5) is 10.5 Å². The maximum absolute atomic E-state index is 11.5. The van der Waals surface area contributed by atoms with Crippen LogP contribution in [-0.2, 0) is 4.79 Å². The number of carbonyl (C=O) groups excluding carboxylic acids is 2. The zero-order valence-electron chi connectivity index (χ0n) is 9.09.